The molecule has 2 saturated carbocycles. The number of likely N-dealkylation sites (N-methyl/N-ethyl adjacent to an activating group) is 1. The van der Waals surface area contributed by atoms with Gasteiger partial charge in [-0.1, -0.05) is 58.2 Å². The van der Waals surface area contributed by atoms with Gasteiger partial charge in [-0.15, -0.1) is 0 Å². The van der Waals surface area contributed by atoms with E-state index in [9.17, 15) is 0 Å². The normalized spacial score (nSPS) is 41.0. The van der Waals surface area contributed by atoms with E-state index in [1.54, 1.807) is 0 Å². The Bertz CT molecular complexity index is 470. The zero-order chi connectivity index (χ0) is 15.0. The number of hydrogen-bond acceptors (Lipinski definition) is 1. The molecule has 4 unspecified atom stereocenters. The summed E-state index contributed by atoms with van der Waals surface area (Å²) in [5.41, 5.74) is 3.90. The van der Waals surface area contributed by atoms with Gasteiger partial charge in [0.25, 0.3) is 0 Å². The second kappa shape index (κ2) is 5.37. The Kier molecular flexibility index (Phi) is 4.11. The summed E-state index contributed by atoms with van der Waals surface area (Å²) >= 11 is 0. The summed E-state index contributed by atoms with van der Waals surface area (Å²) in [5.74, 6) is 0.979. The predicted molar refractivity (Wildman–Crippen MR) is 88.6 cm³/mol. The number of rotatable bonds is 4. The fourth-order valence-corrected chi connectivity index (χ4v) is 4.57. The Hall–Kier alpha value is -1.08. The first-order valence-electron chi connectivity index (χ1n) is 7.96. The van der Waals surface area contributed by atoms with Crippen molar-refractivity contribution in [1.29, 1.82) is 0 Å². The predicted octanol–water partition coefficient (Wildman–Crippen LogP) is 4.65. The van der Waals surface area contributed by atoms with Crippen LogP contribution >= 0.6 is 0 Å². The van der Waals surface area contributed by atoms with Crippen LogP contribution in [0.3, 0.4) is 0 Å². The fraction of sp³-hybridized carbons (Fsp3) is 0.579. The summed E-state index contributed by atoms with van der Waals surface area (Å²) in [6.07, 6.45) is 12.3. The van der Waals surface area contributed by atoms with Crippen molar-refractivity contribution in [1.82, 2.24) is 5.32 Å². The molecule has 3 rings (SSSR count). The van der Waals surface area contributed by atoms with Gasteiger partial charge in [0, 0.05) is 11.5 Å². The van der Waals surface area contributed by atoms with E-state index in [2.05, 4.69) is 44.6 Å². The maximum absolute atomic E-state index is 4.09. The molecule has 3 aliphatic carbocycles. The van der Waals surface area contributed by atoms with Gasteiger partial charge in [0.05, 0.1) is 0 Å². The molecule has 0 aromatic rings. The van der Waals surface area contributed by atoms with Crippen molar-refractivity contribution in [3.05, 3.63) is 48.6 Å². The fourth-order valence-electron chi connectivity index (χ4n) is 4.57. The Labute approximate surface area is 124 Å². The van der Waals surface area contributed by atoms with Crippen LogP contribution in [0.4, 0.5) is 0 Å². The summed E-state index contributed by atoms with van der Waals surface area (Å²) in [7, 11) is 2.07. The second-order valence-electron chi connectivity index (χ2n) is 6.32. The van der Waals surface area contributed by atoms with Gasteiger partial charge < -0.3 is 5.32 Å². The summed E-state index contributed by atoms with van der Waals surface area (Å²) in [6.45, 7) is 14.3. The lowest BCUT2D eigenvalue weighted by Gasteiger charge is -2.47. The number of allylic oxidation sites excluding steroid dienone is 4. The van der Waals surface area contributed by atoms with E-state index in [1.807, 2.05) is 26.0 Å². The molecule has 0 aliphatic heterocycles. The van der Waals surface area contributed by atoms with Crippen LogP contribution in [-0.2, 0) is 0 Å². The van der Waals surface area contributed by atoms with Crippen LogP contribution < -0.4 is 5.32 Å². The molecule has 3 aliphatic rings. The smallest absolute Gasteiger partial charge is 0.0329 e. The van der Waals surface area contributed by atoms with Gasteiger partial charge in [0.1, 0.15) is 0 Å². The zero-order valence-corrected chi connectivity index (χ0v) is 13.5. The summed E-state index contributed by atoms with van der Waals surface area (Å²) in [5, 5.41) is 3.48. The van der Waals surface area contributed by atoms with Gasteiger partial charge in [-0.25, -0.2) is 0 Å². The van der Waals surface area contributed by atoms with Crippen molar-refractivity contribution >= 4 is 0 Å². The van der Waals surface area contributed by atoms with Gasteiger partial charge in [-0.05, 0) is 48.8 Å². The van der Waals surface area contributed by atoms with E-state index < -0.39 is 0 Å². The molecule has 20 heavy (non-hydrogen) atoms. The van der Waals surface area contributed by atoms with Crippen molar-refractivity contribution in [2.75, 3.05) is 7.05 Å². The van der Waals surface area contributed by atoms with Crippen LogP contribution in [0.15, 0.2) is 48.6 Å². The topological polar surface area (TPSA) is 12.0 Å². The number of fused-ring (bicyclic) bond motifs is 2. The molecular weight excluding hydrogens is 242 g/mol. The van der Waals surface area contributed by atoms with Crippen LogP contribution in [0.1, 0.15) is 40.0 Å². The molecule has 4 atom stereocenters. The highest BCUT2D eigenvalue weighted by Gasteiger charge is 2.75. The largest absolute Gasteiger partial charge is 0.313 e. The van der Waals surface area contributed by atoms with Crippen LogP contribution in [0.2, 0.25) is 0 Å². The second-order valence-corrected chi connectivity index (χ2v) is 6.32. The van der Waals surface area contributed by atoms with Crippen molar-refractivity contribution in [3.63, 3.8) is 0 Å². The molecule has 110 valence electrons. The molecule has 0 bridgehead atoms. The Morgan fingerprint density at radius 2 is 1.90 bits per heavy atom. The lowest BCUT2D eigenvalue weighted by Crippen LogP contribution is -2.42. The minimum Gasteiger partial charge on any atom is -0.313 e. The van der Waals surface area contributed by atoms with E-state index in [4.69, 9.17) is 0 Å². The van der Waals surface area contributed by atoms with Crippen LogP contribution in [0.5, 0.6) is 0 Å². The minimum atomic E-state index is 0.411. The highest BCUT2D eigenvalue weighted by molar-refractivity contribution is 5.52. The molecule has 0 aromatic heterocycles. The van der Waals surface area contributed by atoms with E-state index in [0.29, 0.717) is 16.9 Å². The zero-order valence-electron chi connectivity index (χ0n) is 13.5. The van der Waals surface area contributed by atoms with Crippen LogP contribution in [0, 0.1) is 16.7 Å². The lowest BCUT2D eigenvalue weighted by molar-refractivity contribution is 0.0696. The quantitative estimate of drug-likeness (QED) is 0.734. The molecule has 1 heteroatoms. The van der Waals surface area contributed by atoms with E-state index in [-0.39, 0.29) is 0 Å². The van der Waals surface area contributed by atoms with Crippen LogP contribution in [-0.4, -0.2) is 13.1 Å². The van der Waals surface area contributed by atoms with Crippen molar-refractivity contribution in [2.24, 2.45) is 16.7 Å². The van der Waals surface area contributed by atoms with Gasteiger partial charge >= 0.3 is 0 Å². The maximum atomic E-state index is 4.09. The Morgan fingerprint density at radius 1 is 1.20 bits per heavy atom. The molecule has 0 heterocycles. The summed E-state index contributed by atoms with van der Waals surface area (Å²) in [6, 6.07) is 0.479. The van der Waals surface area contributed by atoms with Crippen molar-refractivity contribution < 1.29 is 0 Å². The van der Waals surface area contributed by atoms with E-state index >= 15 is 0 Å². The molecule has 2 fully saturated rings. The average molecular weight is 271 g/mol. The first-order valence-corrected chi connectivity index (χ1v) is 7.96. The number of nitrogens with one attached hydrogen (secondary N) is 1. The van der Waals surface area contributed by atoms with Crippen molar-refractivity contribution in [2.45, 2.75) is 46.1 Å². The van der Waals surface area contributed by atoms with Gasteiger partial charge in [-0.2, -0.15) is 0 Å². The van der Waals surface area contributed by atoms with Gasteiger partial charge in [0.15, 0.2) is 0 Å². The van der Waals surface area contributed by atoms with Gasteiger partial charge in [-0.3, -0.25) is 0 Å². The summed E-state index contributed by atoms with van der Waals surface area (Å²) in [4.78, 5) is 0. The van der Waals surface area contributed by atoms with E-state index in [0.717, 1.165) is 5.92 Å². The third-order valence-corrected chi connectivity index (χ3v) is 5.82. The lowest BCUT2D eigenvalue weighted by atomic mass is 9.56. The third kappa shape index (κ3) is 1.79. The van der Waals surface area contributed by atoms with Gasteiger partial charge in [0.2, 0.25) is 0 Å². The first kappa shape index (κ1) is 15.3. The standard InChI is InChI=1S/C17H23N.C2H6/c1-5-7-8-13-14(6-2)17(11-15(13)18-4)10-12-9-16(12,17)3;1-2/h5-8,12,15,18H,1-2,9-11H2,3-4H3;1-2H3/b8-7-;. The Morgan fingerprint density at radius 3 is 2.30 bits per heavy atom. The average Bonchev–Trinajstić information content (AvgIpc) is 2.90. The maximum Gasteiger partial charge on any atom is 0.0329 e. The molecule has 0 aromatic carbocycles. The van der Waals surface area contributed by atoms with E-state index in [1.165, 1.54) is 30.4 Å². The molecule has 1 nitrogen and oxygen atoms in total. The molecule has 0 saturated heterocycles. The molecule has 1 spiro atoms. The molecule has 0 radical (unpaired) electrons. The molecular formula is C19H29N. The monoisotopic (exact) mass is 271 g/mol. The third-order valence-electron chi connectivity index (χ3n) is 5.82. The Balaban J connectivity index is 0.000000704. The van der Waals surface area contributed by atoms with Crippen LogP contribution in [0.25, 0.3) is 0 Å². The summed E-state index contributed by atoms with van der Waals surface area (Å²) < 4.78 is 0. The minimum absolute atomic E-state index is 0.411. The molecule has 1 N–H and O–H groups in total. The highest BCUT2D eigenvalue weighted by Crippen LogP contribution is 2.82. The van der Waals surface area contributed by atoms with Crippen molar-refractivity contribution in [3.8, 4) is 0 Å². The molecule has 0 amide bonds. The highest BCUT2D eigenvalue weighted by atomic mass is 14.9. The first-order chi connectivity index (χ1) is 9.63. The number of hydrogen-bond donors (Lipinski definition) is 1. The SMILES string of the molecule is C=C/C=C\C1=C(C=C)C2(CC1NC)CC1CC12C.CC.